The molecule has 1 aromatic heterocycles. The molecule has 0 saturated carbocycles. The Morgan fingerprint density at radius 3 is 2.00 bits per heavy atom. The lowest BCUT2D eigenvalue weighted by Crippen LogP contribution is -2.15. The van der Waals surface area contributed by atoms with Gasteiger partial charge in [0.2, 0.25) is 0 Å². The zero-order valence-corrected chi connectivity index (χ0v) is 27.4. The first kappa shape index (κ1) is 27.9. The Hall–Kier alpha value is -6.12. The zero-order chi connectivity index (χ0) is 32.7. The van der Waals surface area contributed by atoms with Crippen molar-refractivity contribution in [1.82, 2.24) is 0 Å². The maximum Gasteiger partial charge on any atom is 0.138 e. The number of benzene rings is 8. The van der Waals surface area contributed by atoms with Gasteiger partial charge in [0.25, 0.3) is 0 Å². The third kappa shape index (κ3) is 4.14. The minimum atomic E-state index is -0.0724. The van der Waals surface area contributed by atoms with E-state index in [0.717, 1.165) is 44.4 Å². The fourth-order valence-corrected chi connectivity index (χ4v) is 8.30. The fraction of sp³-hybridized carbons (Fsp3) is 0.0638. The smallest absolute Gasteiger partial charge is 0.138 e. The minimum Gasteiger partial charge on any atom is -0.456 e. The average Bonchev–Trinajstić information content (AvgIpc) is 3.63. The summed E-state index contributed by atoms with van der Waals surface area (Å²) in [7, 11) is 0. The van der Waals surface area contributed by atoms with E-state index < -0.39 is 0 Å². The van der Waals surface area contributed by atoms with E-state index in [9.17, 15) is 0 Å². The van der Waals surface area contributed by atoms with Crippen LogP contribution in [0.4, 0.5) is 17.1 Å². The maximum atomic E-state index is 6.59. The summed E-state index contributed by atoms with van der Waals surface area (Å²) in [4.78, 5) is 2.47. The number of fused-ring (bicyclic) bond motifs is 8. The molecule has 2 heteroatoms. The van der Waals surface area contributed by atoms with Crippen LogP contribution < -0.4 is 4.90 Å². The average molecular weight is 628 g/mol. The van der Waals surface area contributed by atoms with Gasteiger partial charge in [-0.3, -0.25) is 0 Å². The molecule has 0 aliphatic heterocycles. The molecular formula is C47H33NO. The summed E-state index contributed by atoms with van der Waals surface area (Å²) in [5.41, 5.74) is 12.8. The minimum absolute atomic E-state index is 0.0724. The van der Waals surface area contributed by atoms with E-state index in [2.05, 4.69) is 183 Å². The second-order valence-electron chi connectivity index (χ2n) is 13.7. The molecule has 0 N–H and O–H groups in total. The summed E-state index contributed by atoms with van der Waals surface area (Å²) in [6, 6.07) is 59.5. The van der Waals surface area contributed by atoms with Crippen molar-refractivity contribution in [2.75, 3.05) is 4.90 Å². The van der Waals surface area contributed by atoms with Crippen molar-refractivity contribution in [3.63, 3.8) is 0 Å². The molecule has 2 nitrogen and oxygen atoms in total. The van der Waals surface area contributed by atoms with Crippen LogP contribution in [-0.4, -0.2) is 0 Å². The monoisotopic (exact) mass is 627 g/mol. The molecule has 1 aliphatic carbocycles. The molecule has 1 heterocycles. The third-order valence-corrected chi connectivity index (χ3v) is 10.6. The number of hydrogen-bond donors (Lipinski definition) is 0. The standard InChI is InChI=1S/C47H33NO/c1-47(2)41-23-9-7-20-38(41)40-29-34(25-26-42(40)47)48(33-17-11-16-31(27-33)36-22-12-15-30-13-3-5-18-35(30)36)46-37-19-6-4-14-32(37)28-44-45(46)39-21-8-10-24-43(39)49-44/h3-29H,1-2H3. The van der Waals surface area contributed by atoms with Gasteiger partial charge in [0.1, 0.15) is 11.2 Å². The lowest BCUT2D eigenvalue weighted by Gasteiger charge is -2.29. The van der Waals surface area contributed by atoms with Crippen LogP contribution in [0.25, 0.3) is 65.7 Å². The highest BCUT2D eigenvalue weighted by atomic mass is 16.3. The molecule has 0 bridgehead atoms. The van der Waals surface area contributed by atoms with Crippen LogP contribution in [0, 0.1) is 0 Å². The number of furan rings is 1. The first-order chi connectivity index (χ1) is 24.1. The van der Waals surface area contributed by atoms with Crippen LogP contribution in [0.15, 0.2) is 168 Å². The van der Waals surface area contributed by atoms with Gasteiger partial charge in [0, 0.05) is 27.6 Å². The molecule has 49 heavy (non-hydrogen) atoms. The number of nitrogens with zero attached hydrogens (tertiary/aromatic N) is 1. The van der Waals surface area contributed by atoms with E-state index in [4.69, 9.17) is 4.42 Å². The van der Waals surface area contributed by atoms with Crippen molar-refractivity contribution in [3.8, 4) is 22.3 Å². The molecular weight excluding hydrogens is 595 g/mol. The first-order valence-electron chi connectivity index (χ1n) is 17.0. The lowest BCUT2D eigenvalue weighted by atomic mass is 9.82. The van der Waals surface area contributed by atoms with Crippen molar-refractivity contribution >= 4 is 60.5 Å². The summed E-state index contributed by atoms with van der Waals surface area (Å²) in [5.74, 6) is 0. The maximum absolute atomic E-state index is 6.59. The molecule has 0 radical (unpaired) electrons. The molecule has 0 saturated heterocycles. The molecule has 1 aliphatic rings. The highest BCUT2D eigenvalue weighted by Gasteiger charge is 2.36. The van der Waals surface area contributed by atoms with Crippen LogP contribution in [-0.2, 0) is 5.41 Å². The normalized spacial score (nSPS) is 13.3. The summed E-state index contributed by atoms with van der Waals surface area (Å²) < 4.78 is 6.59. The Morgan fingerprint density at radius 1 is 0.449 bits per heavy atom. The molecule has 0 atom stereocenters. The highest BCUT2D eigenvalue weighted by Crippen LogP contribution is 2.52. The Kier molecular flexibility index (Phi) is 5.95. The van der Waals surface area contributed by atoms with Crippen molar-refractivity contribution in [1.29, 1.82) is 0 Å². The van der Waals surface area contributed by atoms with Gasteiger partial charge in [-0.2, -0.15) is 0 Å². The van der Waals surface area contributed by atoms with E-state index in [1.54, 1.807) is 0 Å². The Labute approximate surface area is 285 Å². The van der Waals surface area contributed by atoms with Crippen LogP contribution in [0.2, 0.25) is 0 Å². The predicted octanol–water partition coefficient (Wildman–Crippen LogP) is 13.3. The van der Waals surface area contributed by atoms with E-state index in [0.29, 0.717) is 0 Å². The fourth-order valence-electron chi connectivity index (χ4n) is 8.30. The summed E-state index contributed by atoms with van der Waals surface area (Å²) in [5, 5.41) is 7.04. The molecule has 9 aromatic rings. The van der Waals surface area contributed by atoms with Gasteiger partial charge in [-0.25, -0.2) is 0 Å². The largest absolute Gasteiger partial charge is 0.456 e. The van der Waals surface area contributed by atoms with Gasteiger partial charge >= 0.3 is 0 Å². The van der Waals surface area contributed by atoms with Crippen molar-refractivity contribution in [3.05, 3.63) is 175 Å². The second kappa shape index (κ2) is 10.4. The van der Waals surface area contributed by atoms with Gasteiger partial charge in [-0.05, 0) is 85.9 Å². The first-order valence-corrected chi connectivity index (χ1v) is 17.0. The quantitative estimate of drug-likeness (QED) is 0.193. The van der Waals surface area contributed by atoms with E-state index in [1.165, 1.54) is 49.5 Å². The van der Waals surface area contributed by atoms with Gasteiger partial charge < -0.3 is 9.32 Å². The Bertz CT molecular complexity index is 2760. The summed E-state index contributed by atoms with van der Waals surface area (Å²) >= 11 is 0. The third-order valence-electron chi connectivity index (χ3n) is 10.6. The van der Waals surface area contributed by atoms with Crippen LogP contribution in [0.1, 0.15) is 25.0 Å². The van der Waals surface area contributed by atoms with Crippen LogP contribution in [0.3, 0.4) is 0 Å². The lowest BCUT2D eigenvalue weighted by molar-refractivity contribution is 0.660. The molecule has 232 valence electrons. The van der Waals surface area contributed by atoms with Crippen LogP contribution >= 0.6 is 0 Å². The Balaban J connectivity index is 1.30. The Morgan fingerprint density at radius 2 is 1.10 bits per heavy atom. The van der Waals surface area contributed by atoms with Gasteiger partial charge in [-0.1, -0.05) is 141 Å². The summed E-state index contributed by atoms with van der Waals surface area (Å²) in [6.45, 7) is 4.68. The highest BCUT2D eigenvalue weighted by molar-refractivity contribution is 6.22. The van der Waals surface area contributed by atoms with E-state index >= 15 is 0 Å². The number of anilines is 3. The molecule has 8 aromatic carbocycles. The molecule has 0 amide bonds. The topological polar surface area (TPSA) is 16.4 Å². The SMILES string of the molecule is CC1(C)c2ccccc2-c2cc(N(c3cccc(-c4cccc5ccccc45)c3)c3c4ccccc4cc4oc5ccccc5c34)ccc21. The molecule has 0 unspecified atom stereocenters. The van der Waals surface area contributed by atoms with Crippen molar-refractivity contribution < 1.29 is 4.42 Å². The number of rotatable bonds is 4. The number of para-hydroxylation sites is 1. The van der Waals surface area contributed by atoms with Gasteiger partial charge in [0.15, 0.2) is 0 Å². The molecule has 0 spiro atoms. The number of hydrogen-bond acceptors (Lipinski definition) is 2. The van der Waals surface area contributed by atoms with E-state index in [-0.39, 0.29) is 5.41 Å². The van der Waals surface area contributed by atoms with Gasteiger partial charge in [-0.15, -0.1) is 0 Å². The molecule has 0 fully saturated rings. The van der Waals surface area contributed by atoms with Crippen molar-refractivity contribution in [2.24, 2.45) is 0 Å². The van der Waals surface area contributed by atoms with Crippen LogP contribution in [0.5, 0.6) is 0 Å². The van der Waals surface area contributed by atoms with Crippen molar-refractivity contribution in [2.45, 2.75) is 19.3 Å². The van der Waals surface area contributed by atoms with Gasteiger partial charge in [0.05, 0.1) is 11.1 Å². The zero-order valence-electron chi connectivity index (χ0n) is 27.4. The second-order valence-corrected chi connectivity index (χ2v) is 13.7. The predicted molar refractivity (Wildman–Crippen MR) is 206 cm³/mol. The molecule has 10 rings (SSSR count). The van der Waals surface area contributed by atoms with E-state index in [1.807, 2.05) is 0 Å². The summed E-state index contributed by atoms with van der Waals surface area (Å²) in [6.07, 6.45) is 0.